The molecule has 2 aliphatic heterocycles. The number of hydrogen-bond donors (Lipinski definition) is 3. The van der Waals surface area contributed by atoms with Crippen molar-refractivity contribution in [1.82, 2.24) is 4.98 Å². The van der Waals surface area contributed by atoms with E-state index in [1.54, 1.807) is 30.0 Å². The lowest BCUT2D eigenvalue weighted by Gasteiger charge is -2.43. The van der Waals surface area contributed by atoms with Crippen molar-refractivity contribution in [3.05, 3.63) is 97.0 Å². The number of hydrogen-bond acceptors (Lipinski definition) is 11. The molecule has 13 nitrogen and oxygen atoms in total. The largest absolute Gasteiger partial charge is 0.508 e. The number of methoxy groups -OCH3 is 1. The molecule has 1 aromatic heterocycles. The number of nitrogens with zero attached hydrogens (tertiary/aromatic N) is 2. The zero-order valence-corrected chi connectivity index (χ0v) is 27.4. The number of anilines is 2. The maximum Gasteiger partial charge on any atom is 0.305 e. The summed E-state index contributed by atoms with van der Waals surface area (Å²) in [5.41, 5.74) is 1.56. The number of nitro benzene ring substituents is 1. The number of carbonyl (C=O) groups is 3. The summed E-state index contributed by atoms with van der Waals surface area (Å²) >= 11 is 2.71. The number of non-ortho nitro benzene ring substituents is 1. The number of aromatic amines is 1. The number of phenols is 1. The Morgan fingerprint density at radius 1 is 1.02 bits per heavy atom. The number of phenolic OH excluding ortho intramolecular Hbond substituents is 1. The number of fused-ring (bicyclic) bond motifs is 9. The first-order chi connectivity index (χ1) is 23.6. The Hall–Kier alpha value is -5.15. The molecule has 2 bridgehead atoms. The number of nitro groups is 1. The number of imide groups is 1. The summed E-state index contributed by atoms with van der Waals surface area (Å²) in [4.78, 5) is 68.6. The molecule has 8 rings (SSSR count). The van der Waals surface area contributed by atoms with Gasteiger partial charge in [-0.15, -0.1) is 11.8 Å². The molecule has 7 atom stereocenters. The van der Waals surface area contributed by atoms with Gasteiger partial charge in [-0.2, -0.15) is 0 Å². The maximum atomic E-state index is 14.0. The second-order valence-electron chi connectivity index (χ2n) is 12.5. The standard InChI is InChI=1S/C34H28N4O9S2/c1-46-23-12-15(2-11-22(23)47-14-24(40)35-16-3-9-19(39)10-4-16)25-26-20-13-21(29(26)48-31-30(25)49-34(43)36-31)28-27(20)32(41)37(33(28)42)17-5-7-18(8-6-17)38(44)45/h2-12,20-21,25-29,39H,13-14H2,1H3,(H,35,40)(H,36,43)/t20?,21?,25-,26?,27?,28?,29?/m1/s1. The molecule has 15 heteroatoms. The first kappa shape index (κ1) is 31.1. The lowest BCUT2D eigenvalue weighted by atomic mass is 9.68. The Balaban J connectivity index is 1.08. The van der Waals surface area contributed by atoms with Crippen LogP contribution in [0.1, 0.15) is 22.8 Å². The number of aromatic nitrogens is 1. The van der Waals surface area contributed by atoms with Crippen LogP contribution in [0.2, 0.25) is 0 Å². The van der Waals surface area contributed by atoms with Crippen LogP contribution in [0.4, 0.5) is 17.1 Å². The van der Waals surface area contributed by atoms with E-state index >= 15 is 0 Å². The number of ether oxygens (including phenoxy) is 2. The molecule has 49 heavy (non-hydrogen) atoms. The Bertz CT molecular complexity index is 2080. The molecule has 2 aliphatic carbocycles. The maximum absolute atomic E-state index is 14.0. The highest BCUT2D eigenvalue weighted by atomic mass is 32.2. The van der Waals surface area contributed by atoms with E-state index < -0.39 is 22.7 Å². The second-order valence-corrected chi connectivity index (χ2v) is 14.7. The number of aromatic hydroxyl groups is 1. The molecule has 4 aliphatic rings. The predicted octanol–water partition coefficient (Wildman–Crippen LogP) is 4.75. The van der Waals surface area contributed by atoms with Crippen LogP contribution in [0.15, 0.2) is 76.6 Å². The van der Waals surface area contributed by atoms with Crippen LogP contribution < -0.4 is 24.6 Å². The van der Waals surface area contributed by atoms with E-state index in [2.05, 4.69) is 10.3 Å². The summed E-state index contributed by atoms with van der Waals surface area (Å²) in [6.07, 6.45) is 0.702. The highest BCUT2D eigenvalue weighted by Crippen LogP contribution is 2.68. The topological polar surface area (TPSA) is 181 Å². The van der Waals surface area contributed by atoms with Gasteiger partial charge in [-0.25, -0.2) is 0 Å². The molecule has 6 unspecified atom stereocenters. The lowest BCUT2D eigenvalue weighted by molar-refractivity contribution is -0.384. The molecule has 250 valence electrons. The quantitative estimate of drug-likeness (QED) is 0.100. The number of rotatable bonds is 8. The van der Waals surface area contributed by atoms with Gasteiger partial charge >= 0.3 is 4.87 Å². The zero-order chi connectivity index (χ0) is 34.1. The Kier molecular flexibility index (Phi) is 7.48. The van der Waals surface area contributed by atoms with E-state index in [4.69, 9.17) is 9.47 Å². The van der Waals surface area contributed by atoms with Crippen LogP contribution in [0.5, 0.6) is 17.2 Å². The van der Waals surface area contributed by atoms with Gasteiger partial charge < -0.3 is 24.9 Å². The first-order valence-corrected chi connectivity index (χ1v) is 17.2. The Labute approximate surface area is 286 Å². The molecule has 0 radical (unpaired) electrons. The van der Waals surface area contributed by atoms with Crippen LogP contribution >= 0.6 is 23.1 Å². The number of amides is 3. The molecule has 0 spiro atoms. The van der Waals surface area contributed by atoms with Crippen LogP contribution in [-0.2, 0) is 14.4 Å². The van der Waals surface area contributed by atoms with Crippen LogP contribution in [0.3, 0.4) is 0 Å². The van der Waals surface area contributed by atoms with E-state index in [-0.39, 0.29) is 63.7 Å². The fourth-order valence-corrected chi connectivity index (χ4v) is 11.1. The minimum atomic E-state index is -0.536. The van der Waals surface area contributed by atoms with Gasteiger partial charge in [0.05, 0.1) is 34.6 Å². The van der Waals surface area contributed by atoms with Crippen molar-refractivity contribution >= 4 is 57.9 Å². The summed E-state index contributed by atoms with van der Waals surface area (Å²) in [7, 11) is 1.50. The molecule has 3 heterocycles. The van der Waals surface area contributed by atoms with Crippen molar-refractivity contribution in [3.63, 3.8) is 0 Å². The highest BCUT2D eigenvalue weighted by Gasteiger charge is 2.69. The SMILES string of the molecule is COc1cc([C@H]2c3sc(=O)[nH]c3SC3C4CC(C5C(=O)N(c6ccc([N+](=O)[O-])cc6)C(=O)C45)C32)ccc1OCC(=O)Nc1ccc(O)cc1. The van der Waals surface area contributed by atoms with E-state index in [9.17, 15) is 34.4 Å². The third-order valence-corrected chi connectivity index (χ3v) is 12.7. The van der Waals surface area contributed by atoms with Gasteiger partial charge in [0, 0.05) is 33.9 Å². The summed E-state index contributed by atoms with van der Waals surface area (Å²) in [6.45, 7) is -0.293. The number of benzene rings is 3. The van der Waals surface area contributed by atoms with Crippen molar-refractivity contribution < 1.29 is 33.9 Å². The molecular formula is C34H28N4O9S2. The monoisotopic (exact) mass is 700 g/mol. The zero-order valence-electron chi connectivity index (χ0n) is 25.7. The number of thioether (sulfide) groups is 1. The van der Waals surface area contributed by atoms with Gasteiger partial charge in [-0.3, -0.25) is 34.2 Å². The van der Waals surface area contributed by atoms with E-state index in [1.165, 1.54) is 48.4 Å². The van der Waals surface area contributed by atoms with Gasteiger partial charge in [-0.05, 0) is 78.3 Å². The van der Waals surface area contributed by atoms with Crippen LogP contribution in [-0.4, -0.2) is 51.7 Å². The normalized spacial score (nSPS) is 26.2. The molecule has 3 N–H and O–H groups in total. The molecule has 1 saturated heterocycles. The Morgan fingerprint density at radius 3 is 2.43 bits per heavy atom. The van der Waals surface area contributed by atoms with Gasteiger partial charge in [0.1, 0.15) is 5.75 Å². The van der Waals surface area contributed by atoms with E-state index in [0.29, 0.717) is 29.3 Å². The van der Waals surface area contributed by atoms with Gasteiger partial charge in [0.2, 0.25) is 11.8 Å². The number of nitrogens with one attached hydrogen (secondary N) is 2. The summed E-state index contributed by atoms with van der Waals surface area (Å²) in [6, 6.07) is 17.0. The average molecular weight is 701 g/mol. The highest BCUT2D eigenvalue weighted by molar-refractivity contribution is 8.00. The van der Waals surface area contributed by atoms with E-state index in [0.717, 1.165) is 26.8 Å². The predicted molar refractivity (Wildman–Crippen MR) is 179 cm³/mol. The molecule has 3 amide bonds. The second kappa shape index (κ2) is 11.8. The molecule has 3 fully saturated rings. The van der Waals surface area contributed by atoms with Crippen molar-refractivity contribution in [2.75, 3.05) is 23.9 Å². The first-order valence-electron chi connectivity index (χ1n) is 15.5. The third kappa shape index (κ3) is 5.06. The fraction of sp³-hybridized carbons (Fsp3) is 0.294. The van der Waals surface area contributed by atoms with Crippen molar-refractivity contribution in [2.45, 2.75) is 22.6 Å². The fourth-order valence-electron chi connectivity index (χ4n) is 8.25. The molecule has 3 aromatic carbocycles. The molecular weight excluding hydrogens is 673 g/mol. The van der Waals surface area contributed by atoms with Crippen molar-refractivity contribution in [2.24, 2.45) is 29.6 Å². The molecule has 4 aromatic rings. The average Bonchev–Trinajstić information content (AvgIpc) is 3.83. The smallest absolute Gasteiger partial charge is 0.305 e. The lowest BCUT2D eigenvalue weighted by Crippen LogP contribution is -2.42. The number of thiazole rings is 1. The number of H-pyrrole nitrogens is 1. The van der Waals surface area contributed by atoms with Crippen LogP contribution in [0.25, 0.3) is 0 Å². The minimum absolute atomic E-state index is 0.0342. The third-order valence-electron chi connectivity index (χ3n) is 10.1. The van der Waals surface area contributed by atoms with E-state index in [1.807, 2.05) is 12.1 Å². The summed E-state index contributed by atoms with van der Waals surface area (Å²) < 4.78 is 11.5. The minimum Gasteiger partial charge on any atom is -0.508 e. The van der Waals surface area contributed by atoms with Gasteiger partial charge in [-0.1, -0.05) is 17.4 Å². The van der Waals surface area contributed by atoms with Crippen molar-refractivity contribution in [3.8, 4) is 17.2 Å². The summed E-state index contributed by atoms with van der Waals surface area (Å²) in [5.74, 6) is -1.75. The molecule has 2 saturated carbocycles. The Morgan fingerprint density at radius 2 is 1.73 bits per heavy atom. The number of carbonyl (C=O) groups excluding carboxylic acids is 3. The van der Waals surface area contributed by atoms with Gasteiger partial charge in [0.25, 0.3) is 11.6 Å². The van der Waals surface area contributed by atoms with Gasteiger partial charge in [0.15, 0.2) is 18.1 Å². The van der Waals surface area contributed by atoms with Crippen molar-refractivity contribution in [1.29, 1.82) is 0 Å². The van der Waals surface area contributed by atoms with Crippen LogP contribution in [0, 0.1) is 39.7 Å². The summed E-state index contributed by atoms with van der Waals surface area (Å²) in [5, 5.41) is 24.1.